The van der Waals surface area contributed by atoms with Crippen molar-refractivity contribution >= 4 is 17.8 Å². The van der Waals surface area contributed by atoms with Gasteiger partial charge in [-0.2, -0.15) is 0 Å². The van der Waals surface area contributed by atoms with E-state index in [0.29, 0.717) is 51.6 Å². The van der Waals surface area contributed by atoms with Crippen LogP contribution in [-0.4, -0.2) is 81.8 Å². The van der Waals surface area contributed by atoms with Crippen LogP contribution in [0.4, 0.5) is 0 Å². The minimum Gasteiger partial charge on any atom is -0.465 e. The molecule has 1 N–H and O–H groups in total. The molecule has 3 aliphatic rings. The third-order valence-electron chi connectivity index (χ3n) is 9.29. The summed E-state index contributed by atoms with van der Waals surface area (Å²) in [5.74, 6) is -2.25. The molecule has 2 amide bonds. The van der Waals surface area contributed by atoms with Gasteiger partial charge in [0.05, 0.1) is 18.1 Å². The zero-order valence-corrected chi connectivity index (χ0v) is 26.4. The number of hydrogen-bond donors (Lipinski definition) is 1. The van der Waals surface area contributed by atoms with Gasteiger partial charge >= 0.3 is 5.97 Å². The van der Waals surface area contributed by atoms with Gasteiger partial charge in [-0.15, -0.1) is 13.2 Å². The third kappa shape index (κ3) is 6.43. The molecule has 0 radical (unpaired) electrons. The number of hydrogen-bond acceptors (Lipinski definition) is 6. The molecule has 0 aliphatic carbocycles. The second-order valence-corrected chi connectivity index (χ2v) is 14.0. The van der Waals surface area contributed by atoms with Crippen molar-refractivity contribution in [2.45, 2.75) is 122 Å². The van der Waals surface area contributed by atoms with Crippen LogP contribution < -0.4 is 0 Å². The van der Waals surface area contributed by atoms with Crippen molar-refractivity contribution in [3.8, 4) is 0 Å². The Labute approximate surface area is 247 Å². The minimum atomic E-state index is -1.08. The first-order valence-electron chi connectivity index (χ1n) is 15.6. The lowest BCUT2D eigenvalue weighted by atomic mass is 9.65. The van der Waals surface area contributed by atoms with Crippen LogP contribution in [0.5, 0.6) is 0 Å². The van der Waals surface area contributed by atoms with Gasteiger partial charge in [0, 0.05) is 25.2 Å². The number of fused-ring (bicyclic) bond motifs is 1. The molecule has 41 heavy (non-hydrogen) atoms. The summed E-state index contributed by atoms with van der Waals surface area (Å²) < 4.78 is 12.6. The molecule has 3 aliphatic heterocycles. The van der Waals surface area contributed by atoms with Crippen LogP contribution in [0.3, 0.4) is 0 Å². The first kappa shape index (κ1) is 33.3. The van der Waals surface area contributed by atoms with Crippen LogP contribution in [0, 0.1) is 17.3 Å². The molecule has 0 aromatic carbocycles. The topological polar surface area (TPSA) is 96.4 Å². The van der Waals surface area contributed by atoms with E-state index in [0.717, 1.165) is 19.3 Å². The normalized spacial score (nSPS) is 29.0. The molecule has 2 bridgehead atoms. The Morgan fingerprint density at radius 2 is 1.83 bits per heavy atom. The zero-order valence-electron chi connectivity index (χ0n) is 26.4. The molecule has 2 unspecified atom stereocenters. The fourth-order valence-electron chi connectivity index (χ4n) is 7.96. The molecule has 3 saturated heterocycles. The highest BCUT2D eigenvalue weighted by molar-refractivity contribution is 5.98. The van der Waals surface area contributed by atoms with E-state index in [1.165, 1.54) is 0 Å². The molecule has 5 atom stereocenters. The summed E-state index contributed by atoms with van der Waals surface area (Å²) in [5, 5.41) is 9.31. The van der Waals surface area contributed by atoms with E-state index in [4.69, 9.17) is 9.47 Å². The van der Waals surface area contributed by atoms with Crippen molar-refractivity contribution < 1.29 is 29.0 Å². The average molecular weight is 575 g/mol. The number of carbonyl (C=O) groups is 3. The molecule has 0 saturated carbocycles. The number of esters is 1. The van der Waals surface area contributed by atoms with E-state index >= 15 is 0 Å². The summed E-state index contributed by atoms with van der Waals surface area (Å²) in [6.07, 6.45) is 9.43. The third-order valence-corrected chi connectivity index (χ3v) is 9.29. The number of likely N-dealkylation sites (tertiary alicyclic amines) is 1. The summed E-state index contributed by atoms with van der Waals surface area (Å²) in [6, 6.07) is -0.833. The Bertz CT molecular complexity index is 987. The van der Waals surface area contributed by atoms with Crippen LogP contribution in [0.25, 0.3) is 0 Å². The van der Waals surface area contributed by atoms with Crippen molar-refractivity contribution in [3.63, 3.8) is 0 Å². The number of unbranched alkanes of at least 4 members (excludes halogenated alkanes) is 3. The van der Waals surface area contributed by atoms with Gasteiger partial charge in [-0.25, -0.2) is 0 Å². The molecular weight excluding hydrogens is 520 g/mol. The lowest BCUT2D eigenvalue weighted by Crippen LogP contribution is -2.61. The number of aliphatic hydroxyl groups excluding tert-OH is 1. The van der Waals surface area contributed by atoms with Crippen LogP contribution in [0.2, 0.25) is 0 Å². The number of amides is 2. The Kier molecular flexibility index (Phi) is 10.6. The maximum Gasteiger partial charge on any atom is 0.312 e. The van der Waals surface area contributed by atoms with Gasteiger partial charge < -0.3 is 24.4 Å². The van der Waals surface area contributed by atoms with Crippen LogP contribution >= 0.6 is 0 Å². The predicted molar refractivity (Wildman–Crippen MR) is 160 cm³/mol. The van der Waals surface area contributed by atoms with Gasteiger partial charge in [0.1, 0.15) is 17.6 Å². The van der Waals surface area contributed by atoms with E-state index < -0.39 is 40.6 Å². The van der Waals surface area contributed by atoms with Gasteiger partial charge in [0.15, 0.2) is 0 Å². The predicted octanol–water partition coefficient (Wildman–Crippen LogP) is 5.04. The number of nitrogens with zero attached hydrogens (tertiary/aromatic N) is 2. The fraction of sp³-hybridized carbons (Fsp3) is 0.788. The summed E-state index contributed by atoms with van der Waals surface area (Å²) >= 11 is 0. The molecule has 3 rings (SSSR count). The molecule has 8 nitrogen and oxygen atoms in total. The van der Waals surface area contributed by atoms with Crippen molar-refractivity contribution in [3.05, 3.63) is 25.3 Å². The van der Waals surface area contributed by atoms with E-state index in [9.17, 15) is 19.5 Å². The molecule has 0 aromatic rings. The zero-order chi connectivity index (χ0) is 30.6. The maximum absolute atomic E-state index is 14.8. The smallest absolute Gasteiger partial charge is 0.312 e. The number of ether oxygens (including phenoxy) is 2. The molecule has 232 valence electrons. The van der Waals surface area contributed by atoms with Crippen molar-refractivity contribution in [2.24, 2.45) is 17.3 Å². The largest absolute Gasteiger partial charge is 0.465 e. The molecule has 3 heterocycles. The van der Waals surface area contributed by atoms with Gasteiger partial charge in [-0.05, 0) is 77.0 Å². The molecule has 1 spiro atoms. The highest BCUT2D eigenvalue weighted by Crippen LogP contribution is 2.64. The Balaban J connectivity index is 2.05. The lowest BCUT2D eigenvalue weighted by Gasteiger charge is -2.45. The van der Waals surface area contributed by atoms with Gasteiger partial charge in [0.25, 0.3) is 0 Å². The molecule has 8 heteroatoms. The van der Waals surface area contributed by atoms with E-state index in [2.05, 4.69) is 47.8 Å². The summed E-state index contributed by atoms with van der Waals surface area (Å²) in [6.45, 7) is 21.3. The quantitative estimate of drug-likeness (QED) is 0.158. The summed E-state index contributed by atoms with van der Waals surface area (Å²) in [7, 11) is 0. The number of rotatable bonds is 16. The summed E-state index contributed by atoms with van der Waals surface area (Å²) in [4.78, 5) is 46.3. The van der Waals surface area contributed by atoms with E-state index in [-0.39, 0.29) is 30.4 Å². The highest BCUT2D eigenvalue weighted by Gasteiger charge is 2.79. The highest BCUT2D eigenvalue weighted by atomic mass is 16.6. The Morgan fingerprint density at radius 3 is 2.41 bits per heavy atom. The first-order chi connectivity index (χ1) is 19.2. The number of allylic oxidation sites excluding steroid dienone is 1. The Hall–Kier alpha value is -2.19. The van der Waals surface area contributed by atoms with Crippen LogP contribution in [-0.2, 0) is 23.9 Å². The van der Waals surface area contributed by atoms with Crippen molar-refractivity contribution in [1.82, 2.24) is 9.80 Å². The minimum absolute atomic E-state index is 0.0332. The Morgan fingerprint density at radius 1 is 1.12 bits per heavy atom. The summed E-state index contributed by atoms with van der Waals surface area (Å²) in [5.41, 5.74) is -2.44. The van der Waals surface area contributed by atoms with Crippen LogP contribution in [0.15, 0.2) is 25.3 Å². The van der Waals surface area contributed by atoms with E-state index in [1.54, 1.807) is 17.1 Å². The van der Waals surface area contributed by atoms with Crippen molar-refractivity contribution in [1.29, 1.82) is 0 Å². The molecule has 3 fully saturated rings. The van der Waals surface area contributed by atoms with Crippen LogP contribution in [0.1, 0.15) is 99.3 Å². The van der Waals surface area contributed by atoms with Gasteiger partial charge in [0.2, 0.25) is 11.8 Å². The molecule has 0 aromatic heterocycles. The van der Waals surface area contributed by atoms with Crippen molar-refractivity contribution in [2.75, 3.05) is 26.3 Å². The van der Waals surface area contributed by atoms with Gasteiger partial charge in [-0.1, -0.05) is 39.8 Å². The lowest BCUT2D eigenvalue weighted by molar-refractivity contribution is -0.163. The second kappa shape index (κ2) is 13.0. The SMILES string of the molecule is C=CCCCOC(=O)[C@H]1[C@H]2C(=O)N(CCCCCO)C(C(=O)N(CC=C)C(C)(C)CC(C)(C)C)C23CC[C@]1(CC)O3. The number of aliphatic hydroxyl groups is 1. The fourth-order valence-corrected chi connectivity index (χ4v) is 7.96. The first-order valence-corrected chi connectivity index (χ1v) is 15.6. The van der Waals surface area contributed by atoms with Gasteiger partial charge in [-0.3, -0.25) is 14.4 Å². The standard InChI is InChI=1S/C33H54N2O6/c1-9-12-16-22-40-29(39)25-24-27(37)34(20-14-13-15-21-36)26(33(24)18-17-32(25,11-3)41-33)28(38)35(19-10-2)31(7,8)23-30(4,5)6/h9-10,24-26,36H,1-2,11-23H2,3-8H3/t24-,25+,26?,32-,33?/m0/s1. The maximum atomic E-state index is 14.8. The van der Waals surface area contributed by atoms with E-state index in [1.807, 2.05) is 11.8 Å². The average Bonchev–Trinajstić information content (AvgIpc) is 3.49. The molecular formula is C33H54N2O6. The second-order valence-electron chi connectivity index (χ2n) is 14.0. The number of carbonyl (C=O) groups excluding carboxylic acids is 3. The monoisotopic (exact) mass is 574 g/mol.